The molecule has 0 radical (unpaired) electrons. The van der Waals surface area contributed by atoms with E-state index >= 15 is 0 Å². The number of hydrogen-bond acceptors (Lipinski definition) is 7. The Bertz CT molecular complexity index is 789. The van der Waals surface area contributed by atoms with Gasteiger partial charge in [-0.3, -0.25) is 14.4 Å². The Morgan fingerprint density at radius 2 is 1.88 bits per heavy atom. The van der Waals surface area contributed by atoms with Gasteiger partial charge in [-0.15, -0.1) is 0 Å². The number of benzene rings is 1. The maximum absolute atomic E-state index is 12.7. The number of hydrogen-bond donors (Lipinski definition) is 1. The van der Waals surface area contributed by atoms with E-state index in [-0.39, 0.29) is 24.5 Å². The SMILES string of the molecule is COc1ccc(CCC(=O)N2CCC3(CC2)CC(CN(C)C)OC3=O)cc1OC.O=CO. The third kappa shape index (κ3) is 6.35. The summed E-state index contributed by atoms with van der Waals surface area (Å²) in [6.07, 6.45) is 3.20. The fourth-order valence-corrected chi connectivity index (χ4v) is 4.38. The van der Waals surface area contributed by atoms with Gasteiger partial charge in [0.2, 0.25) is 5.91 Å². The smallest absolute Gasteiger partial charge is 0.312 e. The van der Waals surface area contributed by atoms with Gasteiger partial charge in [0.15, 0.2) is 11.5 Å². The molecule has 1 atom stereocenters. The summed E-state index contributed by atoms with van der Waals surface area (Å²) in [6, 6.07) is 5.73. The van der Waals surface area contributed by atoms with Crippen LogP contribution in [0.5, 0.6) is 11.5 Å². The maximum atomic E-state index is 12.7. The fraction of sp³-hybridized carbons (Fsp3) is 0.609. The van der Waals surface area contributed by atoms with Gasteiger partial charge in [-0.25, -0.2) is 0 Å². The van der Waals surface area contributed by atoms with Crippen molar-refractivity contribution in [2.24, 2.45) is 5.41 Å². The Balaban J connectivity index is 0.00000114. The van der Waals surface area contributed by atoms with Crippen LogP contribution in [0.3, 0.4) is 0 Å². The van der Waals surface area contributed by atoms with Gasteiger partial charge in [-0.2, -0.15) is 0 Å². The molecule has 1 unspecified atom stereocenters. The Kier molecular flexibility index (Phi) is 9.31. The van der Waals surface area contributed by atoms with Crippen LogP contribution < -0.4 is 9.47 Å². The molecule has 9 heteroatoms. The molecule has 3 rings (SSSR count). The number of likely N-dealkylation sites (tertiary alicyclic amines) is 1. The summed E-state index contributed by atoms with van der Waals surface area (Å²) in [4.78, 5) is 37.5. The quantitative estimate of drug-likeness (QED) is 0.495. The molecule has 0 aliphatic carbocycles. The lowest BCUT2D eigenvalue weighted by molar-refractivity contribution is -0.152. The van der Waals surface area contributed by atoms with E-state index in [0.29, 0.717) is 50.3 Å². The highest BCUT2D eigenvalue weighted by molar-refractivity contribution is 5.81. The summed E-state index contributed by atoms with van der Waals surface area (Å²) >= 11 is 0. The molecule has 2 aliphatic heterocycles. The van der Waals surface area contributed by atoms with Crippen molar-refractivity contribution < 1.29 is 33.7 Å². The van der Waals surface area contributed by atoms with E-state index in [1.165, 1.54) is 0 Å². The normalized spacial score (nSPS) is 19.2. The number of esters is 1. The van der Waals surface area contributed by atoms with Crippen LogP contribution in [0.25, 0.3) is 0 Å². The van der Waals surface area contributed by atoms with E-state index in [1.54, 1.807) is 14.2 Å². The topological polar surface area (TPSA) is 106 Å². The minimum Gasteiger partial charge on any atom is -0.493 e. The van der Waals surface area contributed by atoms with Crippen molar-refractivity contribution in [3.63, 3.8) is 0 Å². The van der Waals surface area contributed by atoms with Crippen molar-refractivity contribution >= 4 is 18.3 Å². The molecular weight excluding hydrogens is 416 g/mol. The average Bonchev–Trinajstić information content (AvgIpc) is 3.06. The molecule has 2 saturated heterocycles. The first-order chi connectivity index (χ1) is 15.3. The number of aryl methyl sites for hydroxylation is 1. The number of ether oxygens (including phenoxy) is 3. The van der Waals surface area contributed by atoms with Gasteiger partial charge >= 0.3 is 5.97 Å². The third-order valence-corrected chi connectivity index (χ3v) is 6.04. The van der Waals surface area contributed by atoms with Crippen molar-refractivity contribution in [2.45, 2.75) is 38.2 Å². The molecule has 9 nitrogen and oxygen atoms in total. The second kappa shape index (κ2) is 11.7. The number of nitrogens with zero attached hydrogens (tertiary/aromatic N) is 2. The lowest BCUT2D eigenvalue weighted by Crippen LogP contribution is -2.45. The molecule has 178 valence electrons. The van der Waals surface area contributed by atoms with Crippen molar-refractivity contribution in [3.05, 3.63) is 23.8 Å². The van der Waals surface area contributed by atoms with Crippen LogP contribution in [-0.2, 0) is 25.5 Å². The highest BCUT2D eigenvalue weighted by Gasteiger charge is 2.50. The molecule has 0 aromatic heterocycles. The molecule has 2 heterocycles. The maximum Gasteiger partial charge on any atom is 0.312 e. The molecule has 32 heavy (non-hydrogen) atoms. The summed E-state index contributed by atoms with van der Waals surface area (Å²) in [5.41, 5.74) is 0.635. The largest absolute Gasteiger partial charge is 0.493 e. The summed E-state index contributed by atoms with van der Waals surface area (Å²) in [5.74, 6) is 1.40. The first-order valence-corrected chi connectivity index (χ1v) is 10.7. The van der Waals surface area contributed by atoms with E-state index in [4.69, 9.17) is 24.1 Å². The number of piperidine rings is 1. The number of carbonyl (C=O) groups is 3. The van der Waals surface area contributed by atoms with Crippen LogP contribution in [-0.4, -0.2) is 87.3 Å². The van der Waals surface area contributed by atoms with E-state index in [9.17, 15) is 9.59 Å². The molecule has 0 saturated carbocycles. The molecule has 1 aromatic carbocycles. The molecule has 1 spiro atoms. The van der Waals surface area contributed by atoms with Crippen LogP contribution in [0.1, 0.15) is 31.2 Å². The Morgan fingerprint density at radius 3 is 2.44 bits per heavy atom. The Hall–Kier alpha value is -2.81. The minimum atomic E-state index is -0.402. The highest BCUT2D eigenvalue weighted by Crippen LogP contribution is 2.43. The predicted molar refractivity (Wildman–Crippen MR) is 118 cm³/mol. The first-order valence-electron chi connectivity index (χ1n) is 10.7. The van der Waals surface area contributed by atoms with Crippen molar-refractivity contribution in [1.82, 2.24) is 9.80 Å². The Morgan fingerprint density at radius 1 is 1.25 bits per heavy atom. The number of carboxylic acid groups (broad SMARTS) is 1. The zero-order valence-corrected chi connectivity index (χ0v) is 19.3. The van der Waals surface area contributed by atoms with Gasteiger partial charge in [0, 0.05) is 32.5 Å². The van der Waals surface area contributed by atoms with Crippen LogP contribution in [0.4, 0.5) is 0 Å². The lowest BCUT2D eigenvalue weighted by atomic mass is 9.76. The minimum absolute atomic E-state index is 0.0372. The van der Waals surface area contributed by atoms with Crippen molar-refractivity contribution in [2.75, 3.05) is 47.9 Å². The molecule has 1 N–H and O–H groups in total. The molecule has 1 amide bonds. The second-order valence-electron chi connectivity index (χ2n) is 8.45. The van der Waals surface area contributed by atoms with Gasteiger partial charge in [0.05, 0.1) is 19.6 Å². The van der Waals surface area contributed by atoms with E-state index in [1.807, 2.05) is 42.1 Å². The monoisotopic (exact) mass is 450 g/mol. The third-order valence-electron chi connectivity index (χ3n) is 6.04. The van der Waals surface area contributed by atoms with Crippen LogP contribution >= 0.6 is 0 Å². The van der Waals surface area contributed by atoms with Crippen molar-refractivity contribution in [3.8, 4) is 11.5 Å². The van der Waals surface area contributed by atoms with Gasteiger partial charge in [0.25, 0.3) is 6.47 Å². The summed E-state index contributed by atoms with van der Waals surface area (Å²) in [7, 11) is 7.18. The number of carbonyl (C=O) groups excluding carboxylic acids is 2. The highest BCUT2D eigenvalue weighted by atomic mass is 16.6. The average molecular weight is 451 g/mol. The van der Waals surface area contributed by atoms with E-state index < -0.39 is 5.41 Å². The number of methoxy groups -OCH3 is 2. The summed E-state index contributed by atoms with van der Waals surface area (Å²) in [6.45, 7) is 1.74. The molecule has 2 fully saturated rings. The molecular formula is C23H34N2O7. The standard InChI is InChI=1S/C22H32N2O5.CH2O2/c1-23(2)15-17-14-22(21(26)29-17)9-11-24(12-10-22)20(25)8-6-16-5-7-18(27-3)19(13-16)28-4;2-1-3/h5,7,13,17H,6,8-12,14-15H2,1-4H3;1H,(H,2,3). The fourth-order valence-electron chi connectivity index (χ4n) is 4.38. The first kappa shape index (κ1) is 25.5. The molecule has 0 bridgehead atoms. The second-order valence-corrected chi connectivity index (χ2v) is 8.45. The number of rotatable bonds is 7. The zero-order chi connectivity index (χ0) is 23.7. The van der Waals surface area contributed by atoms with Gasteiger partial charge in [-0.1, -0.05) is 6.07 Å². The van der Waals surface area contributed by atoms with Crippen LogP contribution in [0.2, 0.25) is 0 Å². The lowest BCUT2D eigenvalue weighted by Gasteiger charge is -2.36. The van der Waals surface area contributed by atoms with Crippen LogP contribution in [0, 0.1) is 5.41 Å². The molecule has 2 aliphatic rings. The van der Waals surface area contributed by atoms with Gasteiger partial charge in [0.1, 0.15) is 6.10 Å². The van der Waals surface area contributed by atoms with E-state index in [0.717, 1.165) is 18.5 Å². The summed E-state index contributed by atoms with van der Waals surface area (Å²) < 4.78 is 16.2. The van der Waals surface area contributed by atoms with E-state index in [2.05, 4.69) is 0 Å². The van der Waals surface area contributed by atoms with Gasteiger partial charge in [-0.05, 0) is 51.1 Å². The predicted octanol–water partition coefficient (Wildman–Crippen LogP) is 1.82. The Labute approximate surface area is 189 Å². The van der Waals surface area contributed by atoms with Crippen molar-refractivity contribution in [1.29, 1.82) is 0 Å². The number of amides is 1. The molecule has 1 aromatic rings. The number of cyclic esters (lactones) is 1. The van der Waals surface area contributed by atoms with Gasteiger partial charge < -0.3 is 29.1 Å². The zero-order valence-electron chi connectivity index (χ0n) is 19.3. The summed E-state index contributed by atoms with van der Waals surface area (Å²) in [5, 5.41) is 6.89. The number of likely N-dealkylation sites (N-methyl/N-ethyl adjacent to an activating group) is 1. The van der Waals surface area contributed by atoms with Crippen LogP contribution in [0.15, 0.2) is 18.2 Å².